The van der Waals surface area contributed by atoms with Crippen molar-refractivity contribution in [2.45, 2.75) is 18.9 Å². The zero-order chi connectivity index (χ0) is 17.8. The van der Waals surface area contributed by atoms with Gasteiger partial charge in [0.1, 0.15) is 16.4 Å². The van der Waals surface area contributed by atoms with Gasteiger partial charge < -0.3 is 20.7 Å². The van der Waals surface area contributed by atoms with Crippen LogP contribution in [0, 0.1) is 0 Å². The Balaban J connectivity index is 1.71. The van der Waals surface area contributed by atoms with E-state index in [1.807, 2.05) is 0 Å². The molecule has 0 atom stereocenters. The molecule has 2 aromatic rings. The van der Waals surface area contributed by atoms with Crippen molar-refractivity contribution in [2.75, 3.05) is 31.2 Å². The Bertz CT molecular complexity index is 771. The second-order valence-corrected chi connectivity index (χ2v) is 6.62. The predicted molar refractivity (Wildman–Crippen MR) is 95.0 cm³/mol. The average molecular weight is 361 g/mol. The Kier molecular flexibility index (Phi) is 5.13. The summed E-state index contributed by atoms with van der Waals surface area (Å²) < 4.78 is 5.18. The van der Waals surface area contributed by atoms with Gasteiger partial charge in [0, 0.05) is 25.3 Å². The minimum Gasteiger partial charge on any atom is -0.495 e. The maximum absolute atomic E-state index is 12.6. The molecule has 0 spiro atoms. The fourth-order valence-electron chi connectivity index (χ4n) is 2.72. The third-order valence-electron chi connectivity index (χ3n) is 4.13. The standard InChI is InChI=1S/C16H19N5O3S/c1-24-12-4-7-25-14(12)13(23)11-8-18-16(20-15(11)17)19-10-2-5-21(9-22)6-3-10/h4,7-10H,2-3,5-6H2,1H3,(H3,17,18,19,20). The molecule has 2 aromatic heterocycles. The highest BCUT2D eigenvalue weighted by atomic mass is 32.1. The average Bonchev–Trinajstić information content (AvgIpc) is 3.11. The van der Waals surface area contributed by atoms with Crippen LogP contribution >= 0.6 is 11.3 Å². The zero-order valence-electron chi connectivity index (χ0n) is 13.8. The number of carbonyl (C=O) groups is 2. The van der Waals surface area contributed by atoms with Crippen molar-refractivity contribution in [2.24, 2.45) is 0 Å². The molecule has 0 bridgehead atoms. The second kappa shape index (κ2) is 7.47. The first-order chi connectivity index (χ1) is 12.1. The molecule has 3 heterocycles. The van der Waals surface area contributed by atoms with Crippen LogP contribution in [0.3, 0.4) is 0 Å². The minimum absolute atomic E-state index is 0.128. The van der Waals surface area contributed by atoms with E-state index in [0.29, 0.717) is 29.7 Å². The summed E-state index contributed by atoms with van der Waals surface area (Å²) in [5.41, 5.74) is 6.22. The van der Waals surface area contributed by atoms with Crippen molar-refractivity contribution in [3.63, 3.8) is 0 Å². The Morgan fingerprint density at radius 1 is 1.48 bits per heavy atom. The second-order valence-electron chi connectivity index (χ2n) is 5.70. The van der Waals surface area contributed by atoms with Gasteiger partial charge in [0.15, 0.2) is 0 Å². The van der Waals surface area contributed by atoms with Crippen LogP contribution in [0.5, 0.6) is 5.75 Å². The molecule has 1 saturated heterocycles. The molecule has 8 nitrogen and oxygen atoms in total. The largest absolute Gasteiger partial charge is 0.495 e. The molecule has 1 aliphatic rings. The van der Waals surface area contributed by atoms with Gasteiger partial charge in [0.05, 0.1) is 12.7 Å². The van der Waals surface area contributed by atoms with E-state index < -0.39 is 0 Å². The lowest BCUT2D eigenvalue weighted by Gasteiger charge is -2.29. The van der Waals surface area contributed by atoms with Crippen LogP contribution < -0.4 is 15.8 Å². The number of nitrogens with one attached hydrogen (secondary N) is 1. The number of ketones is 1. The third-order valence-corrected chi connectivity index (χ3v) is 5.02. The number of hydrogen-bond donors (Lipinski definition) is 2. The van der Waals surface area contributed by atoms with Crippen LogP contribution in [0.4, 0.5) is 11.8 Å². The summed E-state index contributed by atoms with van der Waals surface area (Å²) in [5.74, 6) is 0.772. The van der Waals surface area contributed by atoms with Crippen LogP contribution in [0.2, 0.25) is 0 Å². The Morgan fingerprint density at radius 3 is 2.88 bits per heavy atom. The lowest BCUT2D eigenvalue weighted by molar-refractivity contribution is -0.118. The zero-order valence-corrected chi connectivity index (χ0v) is 14.6. The molecule has 1 aliphatic heterocycles. The fraction of sp³-hybridized carbons (Fsp3) is 0.375. The number of methoxy groups -OCH3 is 1. The Hall–Kier alpha value is -2.68. The number of nitrogens with two attached hydrogens (primary N) is 1. The molecule has 0 saturated carbocycles. The molecule has 25 heavy (non-hydrogen) atoms. The van der Waals surface area contributed by atoms with Gasteiger partial charge in [-0.25, -0.2) is 4.98 Å². The van der Waals surface area contributed by atoms with Crippen LogP contribution in [0.15, 0.2) is 17.6 Å². The molecule has 0 aliphatic carbocycles. The van der Waals surface area contributed by atoms with Gasteiger partial charge in [0.25, 0.3) is 0 Å². The highest BCUT2D eigenvalue weighted by Crippen LogP contribution is 2.28. The highest BCUT2D eigenvalue weighted by Gasteiger charge is 2.22. The fourth-order valence-corrected chi connectivity index (χ4v) is 3.53. The van der Waals surface area contributed by atoms with E-state index >= 15 is 0 Å². The Morgan fingerprint density at radius 2 is 2.24 bits per heavy atom. The van der Waals surface area contributed by atoms with Gasteiger partial charge in [-0.1, -0.05) is 0 Å². The maximum Gasteiger partial charge on any atom is 0.224 e. The van der Waals surface area contributed by atoms with Gasteiger partial charge in [0.2, 0.25) is 18.1 Å². The summed E-state index contributed by atoms with van der Waals surface area (Å²) in [7, 11) is 1.52. The summed E-state index contributed by atoms with van der Waals surface area (Å²) in [6.07, 6.45) is 3.93. The van der Waals surface area contributed by atoms with Crippen LogP contribution in [0.25, 0.3) is 0 Å². The number of nitrogen functional groups attached to an aromatic ring is 1. The van der Waals surface area contributed by atoms with Crippen molar-refractivity contribution >= 4 is 35.3 Å². The van der Waals surface area contributed by atoms with Gasteiger partial charge in [-0.3, -0.25) is 9.59 Å². The van der Waals surface area contributed by atoms with Crippen molar-refractivity contribution in [1.29, 1.82) is 0 Å². The van der Waals surface area contributed by atoms with Gasteiger partial charge >= 0.3 is 0 Å². The molecule has 1 amide bonds. The number of carbonyl (C=O) groups excluding carboxylic acids is 2. The SMILES string of the molecule is COc1ccsc1C(=O)c1cnc(NC2CCN(C=O)CC2)nc1N. The summed E-state index contributed by atoms with van der Waals surface area (Å²) in [4.78, 5) is 34.0. The van der Waals surface area contributed by atoms with Gasteiger partial charge in [-0.2, -0.15) is 4.98 Å². The molecule has 3 rings (SSSR count). The molecular formula is C16H19N5O3S. The van der Waals surface area contributed by atoms with E-state index in [0.717, 1.165) is 19.3 Å². The first kappa shape index (κ1) is 17.2. The quantitative estimate of drug-likeness (QED) is 0.591. The van der Waals surface area contributed by atoms with Crippen molar-refractivity contribution in [3.8, 4) is 5.75 Å². The molecule has 0 unspecified atom stereocenters. The van der Waals surface area contributed by atoms with Gasteiger partial charge in [-0.15, -0.1) is 11.3 Å². The van der Waals surface area contributed by atoms with Crippen LogP contribution in [0.1, 0.15) is 28.1 Å². The minimum atomic E-state index is -0.254. The molecule has 3 N–H and O–H groups in total. The van der Waals surface area contributed by atoms with E-state index in [2.05, 4.69) is 15.3 Å². The maximum atomic E-state index is 12.6. The number of rotatable bonds is 6. The Labute approximate surface area is 149 Å². The monoisotopic (exact) mass is 361 g/mol. The number of likely N-dealkylation sites (tertiary alicyclic amines) is 1. The third kappa shape index (κ3) is 3.71. The number of amides is 1. The van der Waals surface area contributed by atoms with Crippen LogP contribution in [-0.2, 0) is 4.79 Å². The molecular weight excluding hydrogens is 342 g/mol. The molecule has 0 radical (unpaired) electrons. The van der Waals surface area contributed by atoms with Crippen molar-refractivity contribution < 1.29 is 14.3 Å². The first-order valence-corrected chi connectivity index (χ1v) is 8.75. The lowest BCUT2D eigenvalue weighted by Crippen LogP contribution is -2.38. The van der Waals surface area contributed by atoms with E-state index in [-0.39, 0.29) is 23.2 Å². The van der Waals surface area contributed by atoms with E-state index in [1.165, 1.54) is 24.6 Å². The number of thiophene rings is 1. The number of aromatic nitrogens is 2. The smallest absolute Gasteiger partial charge is 0.224 e. The molecule has 0 aromatic carbocycles. The number of hydrogen-bond acceptors (Lipinski definition) is 8. The summed E-state index contributed by atoms with van der Waals surface area (Å²) in [6, 6.07) is 1.91. The van der Waals surface area contributed by atoms with Crippen molar-refractivity contribution in [1.82, 2.24) is 14.9 Å². The summed E-state index contributed by atoms with van der Waals surface area (Å²) in [5, 5.41) is 4.99. The van der Waals surface area contributed by atoms with E-state index in [1.54, 1.807) is 16.3 Å². The molecule has 1 fully saturated rings. The van der Waals surface area contributed by atoms with Crippen LogP contribution in [-0.4, -0.2) is 53.3 Å². The highest BCUT2D eigenvalue weighted by molar-refractivity contribution is 7.12. The van der Waals surface area contributed by atoms with Crippen molar-refractivity contribution in [3.05, 3.63) is 28.1 Å². The number of piperidine rings is 1. The summed E-state index contributed by atoms with van der Waals surface area (Å²) in [6.45, 7) is 1.40. The number of ether oxygens (including phenoxy) is 1. The van der Waals surface area contributed by atoms with E-state index in [9.17, 15) is 9.59 Å². The first-order valence-electron chi connectivity index (χ1n) is 7.87. The predicted octanol–water partition coefficient (Wildman–Crippen LogP) is 1.39. The topological polar surface area (TPSA) is 110 Å². The summed E-state index contributed by atoms with van der Waals surface area (Å²) >= 11 is 1.29. The normalized spacial score (nSPS) is 15.0. The molecule has 9 heteroatoms. The molecule has 132 valence electrons. The number of anilines is 2. The van der Waals surface area contributed by atoms with Gasteiger partial charge in [-0.05, 0) is 24.3 Å². The van der Waals surface area contributed by atoms with E-state index in [4.69, 9.17) is 10.5 Å². The number of nitrogens with zero attached hydrogens (tertiary/aromatic N) is 3. The lowest BCUT2D eigenvalue weighted by atomic mass is 10.1.